The fraction of sp³-hybridized carbons (Fsp3) is 0.833. The number of nitrogens with zero attached hydrogens (tertiary/aromatic N) is 1. The van der Waals surface area contributed by atoms with Gasteiger partial charge in [-0.1, -0.05) is 83.9 Å². The van der Waals surface area contributed by atoms with E-state index in [1.54, 1.807) is 0 Å². The van der Waals surface area contributed by atoms with Crippen molar-refractivity contribution in [3.8, 4) is 6.07 Å². The highest BCUT2D eigenvalue weighted by Gasteiger charge is 1.78. The minimum absolute atomic E-state index is 0. The number of nitriles is 1. The smallest absolute Gasteiger partial charge is 0.0649 e. The van der Waals surface area contributed by atoms with Gasteiger partial charge in [-0.05, 0) is 27.2 Å². The van der Waals surface area contributed by atoms with Crippen LogP contribution in [0.1, 0.15) is 98.9 Å². The van der Waals surface area contributed by atoms with E-state index >= 15 is 0 Å². The monoisotopic (exact) mass is 279 g/mol. The summed E-state index contributed by atoms with van der Waals surface area (Å²) in [6, 6.07) is 2.03. The maximum absolute atomic E-state index is 7.89. The lowest BCUT2D eigenvalue weighted by Gasteiger charge is -1.75. The Hall–Kier alpha value is -0.770. The van der Waals surface area contributed by atoms with Gasteiger partial charge in [-0.2, -0.15) is 5.26 Å². The molecule has 0 amide bonds. The zero-order valence-corrected chi connectivity index (χ0v) is 10.1. The van der Waals surface area contributed by atoms with Crippen molar-refractivity contribution >= 4 is 0 Å². The highest BCUT2D eigenvalue weighted by atomic mass is 14.2. The largest absolute Gasteiger partial charge is 0.198 e. The molecule has 0 aliphatic heterocycles. The molecule has 0 rings (SSSR count). The Labute approximate surface area is 129 Å². The number of rotatable bonds is 1. The van der Waals surface area contributed by atoms with Crippen LogP contribution in [0.4, 0.5) is 0 Å². The van der Waals surface area contributed by atoms with E-state index in [9.17, 15) is 0 Å². The van der Waals surface area contributed by atoms with Gasteiger partial charge in [0.15, 0.2) is 0 Å². The molecule has 0 saturated carbocycles. The highest BCUT2D eigenvalue weighted by molar-refractivity contribution is 4.73. The first-order chi connectivity index (χ1) is 6.10. The van der Waals surface area contributed by atoms with E-state index in [1.165, 1.54) is 6.42 Å². The Morgan fingerprint density at radius 2 is 1.11 bits per heavy atom. The molecule has 1 heteroatoms. The van der Waals surface area contributed by atoms with Crippen LogP contribution >= 0.6 is 0 Å². The van der Waals surface area contributed by atoms with Crippen molar-refractivity contribution in [1.29, 1.82) is 5.26 Å². The topological polar surface area (TPSA) is 23.8 Å². The molecule has 0 heterocycles. The minimum atomic E-state index is 0. The highest BCUT2D eigenvalue weighted by Crippen LogP contribution is 1.81. The number of hydrogen-bond acceptors (Lipinski definition) is 1. The molecule has 0 unspecified atom stereocenters. The van der Waals surface area contributed by atoms with E-state index in [0.29, 0.717) is 0 Å². The standard InChI is InChI=1S/C5H10.C4H7N.C3H8.6CH4/c1-3-5-4-2;1-4(2)3-5;1-3-2;;;;;;/h3,5H,4H2,1-2H3;4H,1-2H3;3H2,1-2H3;6*1H4. The predicted octanol–water partition coefficient (Wildman–Crippen LogP) is 8.37. The van der Waals surface area contributed by atoms with E-state index in [2.05, 4.69) is 32.9 Å². The molecule has 0 saturated heterocycles. The van der Waals surface area contributed by atoms with Crippen molar-refractivity contribution < 1.29 is 0 Å². The summed E-state index contributed by atoms with van der Waals surface area (Å²) in [5.74, 6) is 0.190. The molecule has 0 radical (unpaired) electrons. The Balaban J connectivity index is -0.00000000995. The molecule has 0 atom stereocenters. The lowest BCUT2D eigenvalue weighted by Crippen LogP contribution is -1.72. The maximum Gasteiger partial charge on any atom is 0.0649 e. The van der Waals surface area contributed by atoms with Gasteiger partial charge in [-0.15, -0.1) is 0 Å². The van der Waals surface area contributed by atoms with E-state index in [1.807, 2.05) is 26.8 Å². The van der Waals surface area contributed by atoms with Gasteiger partial charge in [0, 0.05) is 5.92 Å². The Bertz CT molecular complexity index is 118. The third kappa shape index (κ3) is 383. The summed E-state index contributed by atoms with van der Waals surface area (Å²) in [6.45, 7) is 12.1. The van der Waals surface area contributed by atoms with Gasteiger partial charge in [0.05, 0.1) is 6.07 Å². The van der Waals surface area contributed by atoms with Crippen LogP contribution in [0.3, 0.4) is 0 Å². The number of allylic oxidation sites excluding steroid dienone is 2. The molecule has 0 aromatic carbocycles. The van der Waals surface area contributed by atoms with Crippen molar-refractivity contribution in [1.82, 2.24) is 0 Å². The summed E-state index contributed by atoms with van der Waals surface area (Å²) in [5.41, 5.74) is 0. The van der Waals surface area contributed by atoms with Crippen molar-refractivity contribution in [2.24, 2.45) is 5.92 Å². The average Bonchev–Trinajstić information content (AvgIpc) is 2.08. The fourth-order valence-electron chi connectivity index (χ4n) is 0.236. The van der Waals surface area contributed by atoms with Crippen LogP contribution in [-0.2, 0) is 0 Å². The van der Waals surface area contributed by atoms with Gasteiger partial charge in [-0.3, -0.25) is 0 Å². The van der Waals surface area contributed by atoms with Crippen molar-refractivity contribution in [3.63, 3.8) is 0 Å². The van der Waals surface area contributed by atoms with Crippen molar-refractivity contribution in [3.05, 3.63) is 12.2 Å². The van der Waals surface area contributed by atoms with Crippen molar-refractivity contribution in [2.45, 2.75) is 98.9 Å². The van der Waals surface area contributed by atoms with Crippen LogP contribution in [0.2, 0.25) is 0 Å². The summed E-state index contributed by atoms with van der Waals surface area (Å²) < 4.78 is 0. The van der Waals surface area contributed by atoms with Crippen LogP contribution in [0, 0.1) is 17.2 Å². The molecule has 126 valence electrons. The van der Waals surface area contributed by atoms with Gasteiger partial charge in [0.2, 0.25) is 0 Å². The first kappa shape index (κ1) is 63.5. The Morgan fingerprint density at radius 1 is 0.895 bits per heavy atom. The summed E-state index contributed by atoms with van der Waals surface area (Å²) in [7, 11) is 0. The Kier molecular flexibility index (Phi) is 290. The molecule has 0 spiro atoms. The molecule has 0 aromatic heterocycles. The lowest BCUT2D eigenvalue weighted by atomic mass is 10.3. The maximum atomic E-state index is 7.89. The lowest BCUT2D eigenvalue weighted by molar-refractivity contribution is 0.849. The third-order valence-electron chi connectivity index (χ3n) is 0.730. The van der Waals surface area contributed by atoms with Crippen LogP contribution in [-0.4, -0.2) is 0 Å². The van der Waals surface area contributed by atoms with Gasteiger partial charge in [0.25, 0.3) is 0 Å². The second-order valence-electron chi connectivity index (χ2n) is 2.97. The second kappa shape index (κ2) is 86.8. The molecule has 1 nitrogen and oxygen atoms in total. The van der Waals surface area contributed by atoms with E-state index in [0.717, 1.165) is 6.42 Å². The summed E-state index contributed by atoms with van der Waals surface area (Å²) in [5, 5.41) is 7.89. The van der Waals surface area contributed by atoms with Gasteiger partial charge < -0.3 is 0 Å². The molecule has 0 N–H and O–H groups in total. The molecule has 0 aliphatic rings. The van der Waals surface area contributed by atoms with Crippen LogP contribution in [0.25, 0.3) is 0 Å². The average molecular weight is 280 g/mol. The summed E-state index contributed by atoms with van der Waals surface area (Å²) in [4.78, 5) is 0. The normalized spacial score (nSPS) is 5.58. The summed E-state index contributed by atoms with van der Waals surface area (Å²) >= 11 is 0. The molecule has 19 heavy (non-hydrogen) atoms. The Morgan fingerprint density at radius 3 is 1.11 bits per heavy atom. The van der Waals surface area contributed by atoms with E-state index < -0.39 is 0 Å². The fourth-order valence-corrected chi connectivity index (χ4v) is 0.236. The van der Waals surface area contributed by atoms with Crippen LogP contribution in [0.15, 0.2) is 12.2 Å². The molecular weight excluding hydrogens is 230 g/mol. The molecule has 0 aromatic rings. The SMILES string of the molecule is C.C.C.C.C.C.CC(C)C#N.CC=CCC.CCC. The van der Waals surface area contributed by atoms with Gasteiger partial charge >= 0.3 is 0 Å². The van der Waals surface area contributed by atoms with E-state index in [4.69, 9.17) is 5.26 Å². The zero-order chi connectivity index (χ0) is 11.1. The van der Waals surface area contributed by atoms with Crippen molar-refractivity contribution in [2.75, 3.05) is 0 Å². The summed E-state index contributed by atoms with van der Waals surface area (Å²) in [6.07, 6.45) is 6.59. The zero-order valence-electron chi connectivity index (χ0n) is 10.1. The quantitative estimate of drug-likeness (QED) is 0.442. The molecule has 0 fully saturated rings. The molecular formula is C18H49N. The molecule has 0 bridgehead atoms. The molecule has 0 aliphatic carbocycles. The first-order valence-electron chi connectivity index (χ1n) is 5.11. The second-order valence-corrected chi connectivity index (χ2v) is 2.97. The van der Waals surface area contributed by atoms with Crippen LogP contribution < -0.4 is 0 Å². The number of hydrogen-bond donors (Lipinski definition) is 0. The van der Waals surface area contributed by atoms with Gasteiger partial charge in [-0.25, -0.2) is 0 Å². The van der Waals surface area contributed by atoms with Crippen LogP contribution in [0.5, 0.6) is 0 Å². The van der Waals surface area contributed by atoms with E-state index in [-0.39, 0.29) is 50.5 Å². The van der Waals surface area contributed by atoms with Gasteiger partial charge in [0.1, 0.15) is 0 Å². The third-order valence-corrected chi connectivity index (χ3v) is 0.730. The first-order valence-corrected chi connectivity index (χ1v) is 5.11. The predicted molar refractivity (Wildman–Crippen MR) is 102 cm³/mol. The minimum Gasteiger partial charge on any atom is -0.198 e.